The van der Waals surface area contributed by atoms with Gasteiger partial charge in [0.2, 0.25) is 5.91 Å². The Kier molecular flexibility index (Phi) is 6.02. The van der Waals surface area contributed by atoms with Crippen molar-refractivity contribution in [3.05, 3.63) is 41.9 Å². The standard InChI is InChI=1S/C28H30N6O2/c29-12-17-9-20(17)28(35)34-26-11-16-10-24(33-27(30)21(16)15-32-26)22-13-31-14-23-19(22)7-4-8-25(23)36-18-5-2-1-3-6-18/h10-11,13-15,17-18,20,25H,1-9H2,(H2,30,33)(H,32,34,35)/t17-,20+,25?/m1/s1. The molecular formula is C28H30N6O2. The number of nitrogens with one attached hydrogen (secondary N) is 1. The van der Waals surface area contributed by atoms with Gasteiger partial charge in [0.1, 0.15) is 11.6 Å². The number of fused-ring (bicyclic) bond motifs is 2. The second-order valence-corrected chi connectivity index (χ2v) is 10.3. The van der Waals surface area contributed by atoms with Gasteiger partial charge in [-0.25, -0.2) is 9.97 Å². The first-order valence-electron chi connectivity index (χ1n) is 13.0. The molecule has 0 radical (unpaired) electrons. The SMILES string of the molecule is N#C[C@H]1C[C@@H]1C(=O)Nc1cc2cc(-c3cncc4c3CCCC4OC3CCCCC3)nc(N)c2cn1. The number of nitrogens with two attached hydrogens (primary N) is 1. The van der Waals surface area contributed by atoms with E-state index in [1.54, 1.807) is 6.20 Å². The van der Waals surface area contributed by atoms with E-state index in [0.29, 0.717) is 24.2 Å². The monoisotopic (exact) mass is 482 g/mol. The fourth-order valence-corrected chi connectivity index (χ4v) is 5.70. The summed E-state index contributed by atoms with van der Waals surface area (Å²) in [4.78, 5) is 26.0. The number of anilines is 2. The summed E-state index contributed by atoms with van der Waals surface area (Å²) in [7, 11) is 0. The topological polar surface area (TPSA) is 127 Å². The van der Waals surface area contributed by atoms with E-state index in [4.69, 9.17) is 20.7 Å². The Bertz CT molecular complexity index is 1360. The van der Waals surface area contributed by atoms with Crippen molar-refractivity contribution in [1.29, 1.82) is 5.26 Å². The Morgan fingerprint density at radius 3 is 2.78 bits per heavy atom. The van der Waals surface area contributed by atoms with Crippen molar-refractivity contribution in [2.24, 2.45) is 11.8 Å². The summed E-state index contributed by atoms with van der Waals surface area (Å²) >= 11 is 0. The lowest BCUT2D eigenvalue weighted by molar-refractivity contribution is -0.117. The van der Waals surface area contributed by atoms with Crippen molar-refractivity contribution < 1.29 is 9.53 Å². The number of nitrogens with zero attached hydrogens (tertiary/aromatic N) is 4. The van der Waals surface area contributed by atoms with Crippen molar-refractivity contribution in [2.45, 2.75) is 70.0 Å². The first-order chi connectivity index (χ1) is 17.6. The Hall–Kier alpha value is -3.57. The van der Waals surface area contributed by atoms with Crippen LogP contribution < -0.4 is 11.1 Å². The lowest BCUT2D eigenvalue weighted by Crippen LogP contribution is -2.23. The quantitative estimate of drug-likeness (QED) is 0.518. The molecule has 184 valence electrons. The Balaban J connectivity index is 1.31. The number of nitrogen functional groups attached to an aromatic ring is 1. The number of carbonyl (C=O) groups is 1. The summed E-state index contributed by atoms with van der Waals surface area (Å²) in [6.45, 7) is 0. The number of aromatic nitrogens is 3. The van der Waals surface area contributed by atoms with E-state index in [1.165, 1.54) is 30.4 Å². The lowest BCUT2D eigenvalue weighted by atomic mass is 9.86. The van der Waals surface area contributed by atoms with E-state index in [2.05, 4.69) is 21.4 Å². The minimum atomic E-state index is -0.253. The molecule has 0 aliphatic heterocycles. The molecular weight excluding hydrogens is 452 g/mol. The molecule has 8 heteroatoms. The molecule has 3 aliphatic rings. The van der Waals surface area contributed by atoms with Gasteiger partial charge in [0.15, 0.2) is 0 Å². The smallest absolute Gasteiger partial charge is 0.230 e. The highest BCUT2D eigenvalue weighted by molar-refractivity contribution is 5.98. The van der Waals surface area contributed by atoms with Crippen LogP contribution in [0.15, 0.2) is 30.7 Å². The number of rotatable bonds is 5. The molecule has 3 heterocycles. The fourth-order valence-electron chi connectivity index (χ4n) is 5.70. The Morgan fingerprint density at radius 1 is 1.11 bits per heavy atom. The molecule has 8 nitrogen and oxygen atoms in total. The van der Waals surface area contributed by atoms with Gasteiger partial charge in [0.05, 0.1) is 35.8 Å². The van der Waals surface area contributed by atoms with Gasteiger partial charge < -0.3 is 15.8 Å². The molecule has 0 spiro atoms. The van der Waals surface area contributed by atoms with Crippen LogP contribution in [0.2, 0.25) is 0 Å². The van der Waals surface area contributed by atoms with Crippen LogP contribution in [-0.4, -0.2) is 27.0 Å². The minimum absolute atomic E-state index is 0.0766. The van der Waals surface area contributed by atoms with Crippen LogP contribution in [0.4, 0.5) is 11.6 Å². The van der Waals surface area contributed by atoms with Gasteiger partial charge in [-0.2, -0.15) is 5.26 Å². The molecule has 3 atom stereocenters. The van der Waals surface area contributed by atoms with Gasteiger partial charge in [0.25, 0.3) is 0 Å². The highest BCUT2D eigenvalue weighted by Crippen LogP contribution is 2.40. The Morgan fingerprint density at radius 2 is 1.97 bits per heavy atom. The van der Waals surface area contributed by atoms with Crippen LogP contribution in [0.3, 0.4) is 0 Å². The molecule has 3 N–H and O–H groups in total. The van der Waals surface area contributed by atoms with Crippen LogP contribution in [0.1, 0.15) is 68.6 Å². The molecule has 0 saturated heterocycles. The second kappa shape index (κ2) is 9.47. The number of pyridine rings is 3. The zero-order chi connectivity index (χ0) is 24.6. The van der Waals surface area contributed by atoms with Crippen molar-refractivity contribution in [3.63, 3.8) is 0 Å². The van der Waals surface area contributed by atoms with Crippen molar-refractivity contribution in [3.8, 4) is 17.3 Å². The van der Waals surface area contributed by atoms with E-state index in [9.17, 15) is 4.79 Å². The van der Waals surface area contributed by atoms with Crippen molar-refractivity contribution in [2.75, 3.05) is 11.1 Å². The highest BCUT2D eigenvalue weighted by Gasteiger charge is 2.43. The average molecular weight is 483 g/mol. The number of ether oxygens (including phenoxy) is 1. The van der Waals surface area contributed by atoms with E-state index in [-0.39, 0.29) is 23.8 Å². The zero-order valence-electron chi connectivity index (χ0n) is 20.2. The first kappa shape index (κ1) is 22.9. The Labute approximate surface area is 210 Å². The summed E-state index contributed by atoms with van der Waals surface area (Å²) in [5, 5.41) is 13.4. The molecule has 2 fully saturated rings. The molecule has 6 rings (SSSR count). The maximum Gasteiger partial charge on any atom is 0.230 e. The third kappa shape index (κ3) is 4.40. The predicted molar refractivity (Wildman–Crippen MR) is 137 cm³/mol. The summed E-state index contributed by atoms with van der Waals surface area (Å²) in [5.41, 5.74) is 10.5. The largest absolute Gasteiger partial charge is 0.383 e. The van der Waals surface area contributed by atoms with Crippen molar-refractivity contribution >= 4 is 28.3 Å². The molecule has 0 aromatic carbocycles. The molecule has 1 unspecified atom stereocenters. The molecule has 2 saturated carbocycles. The van der Waals surface area contributed by atoms with Gasteiger partial charge in [-0.05, 0) is 61.6 Å². The van der Waals surface area contributed by atoms with Crippen LogP contribution in [-0.2, 0) is 16.0 Å². The number of nitriles is 1. The van der Waals surface area contributed by atoms with Gasteiger partial charge in [-0.1, -0.05) is 19.3 Å². The lowest BCUT2D eigenvalue weighted by Gasteiger charge is -2.32. The number of hydrogen-bond donors (Lipinski definition) is 2. The summed E-state index contributed by atoms with van der Waals surface area (Å²) in [6, 6.07) is 5.95. The van der Waals surface area contributed by atoms with Crippen LogP contribution in [0.5, 0.6) is 0 Å². The first-order valence-corrected chi connectivity index (χ1v) is 13.0. The van der Waals surface area contributed by atoms with Crippen LogP contribution >= 0.6 is 0 Å². The summed E-state index contributed by atoms with van der Waals surface area (Å²) in [5.74, 6) is 0.224. The molecule has 1 amide bonds. The van der Waals surface area contributed by atoms with E-state index in [1.807, 2.05) is 24.5 Å². The van der Waals surface area contributed by atoms with Crippen molar-refractivity contribution in [1.82, 2.24) is 15.0 Å². The summed E-state index contributed by atoms with van der Waals surface area (Å²) in [6.07, 6.45) is 15.6. The van der Waals surface area contributed by atoms with Crippen LogP contribution in [0.25, 0.3) is 22.0 Å². The number of carbonyl (C=O) groups excluding carboxylic acids is 1. The molecule has 3 aromatic rings. The maximum absolute atomic E-state index is 12.4. The van der Waals surface area contributed by atoms with Gasteiger partial charge in [0, 0.05) is 35.1 Å². The molecule has 3 aromatic heterocycles. The van der Waals surface area contributed by atoms with Crippen LogP contribution in [0, 0.1) is 23.2 Å². The molecule has 3 aliphatic carbocycles. The molecule has 0 bridgehead atoms. The van der Waals surface area contributed by atoms with E-state index < -0.39 is 0 Å². The number of hydrogen-bond acceptors (Lipinski definition) is 7. The predicted octanol–water partition coefficient (Wildman–Crippen LogP) is 5.10. The third-order valence-electron chi connectivity index (χ3n) is 7.81. The van der Waals surface area contributed by atoms with Gasteiger partial charge in [-0.15, -0.1) is 0 Å². The maximum atomic E-state index is 12.4. The number of amides is 1. The molecule has 36 heavy (non-hydrogen) atoms. The fraction of sp³-hybridized carbons (Fsp3) is 0.464. The zero-order valence-corrected chi connectivity index (χ0v) is 20.2. The van der Waals surface area contributed by atoms with E-state index in [0.717, 1.165) is 54.1 Å². The highest BCUT2D eigenvalue weighted by atomic mass is 16.5. The summed E-state index contributed by atoms with van der Waals surface area (Å²) < 4.78 is 6.58. The van der Waals surface area contributed by atoms with Gasteiger partial charge >= 0.3 is 0 Å². The third-order valence-corrected chi connectivity index (χ3v) is 7.81. The van der Waals surface area contributed by atoms with Gasteiger partial charge in [-0.3, -0.25) is 9.78 Å². The average Bonchev–Trinajstić information content (AvgIpc) is 3.69. The second-order valence-electron chi connectivity index (χ2n) is 10.3. The normalized spacial score (nSPS) is 23.6. The minimum Gasteiger partial charge on any atom is -0.383 e. The van der Waals surface area contributed by atoms with E-state index >= 15 is 0 Å².